The van der Waals surface area contributed by atoms with Crippen LogP contribution in [-0.2, 0) is 0 Å². The number of benzene rings is 1. The Labute approximate surface area is 265 Å². The van der Waals surface area contributed by atoms with Gasteiger partial charge in [0.1, 0.15) is 0 Å². The Hall–Kier alpha value is -1.95. The molecule has 0 aromatic heterocycles. The van der Waals surface area contributed by atoms with Crippen molar-refractivity contribution in [1.29, 1.82) is 0 Å². The second-order valence-corrected chi connectivity index (χ2v) is 12.2. The summed E-state index contributed by atoms with van der Waals surface area (Å²) in [6, 6.07) is 3.50. The van der Waals surface area contributed by atoms with Gasteiger partial charge in [-0.25, -0.2) is 5.84 Å². The second kappa shape index (κ2) is 28.8. The van der Waals surface area contributed by atoms with E-state index in [2.05, 4.69) is 26.2 Å². The number of carbonyl (C=O) groups is 1. The van der Waals surface area contributed by atoms with Gasteiger partial charge < -0.3 is 14.2 Å². The van der Waals surface area contributed by atoms with Gasteiger partial charge in [-0.2, -0.15) is 0 Å². The molecule has 250 valence electrons. The van der Waals surface area contributed by atoms with Gasteiger partial charge in [-0.1, -0.05) is 156 Å². The van der Waals surface area contributed by atoms with Crippen molar-refractivity contribution in [2.24, 2.45) is 5.84 Å². The molecule has 43 heavy (non-hydrogen) atoms. The summed E-state index contributed by atoms with van der Waals surface area (Å²) >= 11 is 0. The maximum Gasteiger partial charge on any atom is 0.265 e. The third kappa shape index (κ3) is 20.6. The summed E-state index contributed by atoms with van der Waals surface area (Å²) in [6.07, 6.45) is 29.8. The highest BCUT2D eigenvalue weighted by Gasteiger charge is 2.19. The van der Waals surface area contributed by atoms with Crippen LogP contribution in [0.5, 0.6) is 17.2 Å². The first kappa shape index (κ1) is 39.1. The third-order valence-corrected chi connectivity index (χ3v) is 8.17. The molecule has 0 aliphatic heterocycles. The minimum atomic E-state index is -0.358. The van der Waals surface area contributed by atoms with Crippen molar-refractivity contribution in [2.75, 3.05) is 19.8 Å². The zero-order chi connectivity index (χ0) is 31.2. The molecule has 6 heteroatoms. The number of amides is 1. The zero-order valence-electron chi connectivity index (χ0n) is 28.5. The summed E-state index contributed by atoms with van der Waals surface area (Å²) < 4.78 is 18.8. The third-order valence-electron chi connectivity index (χ3n) is 8.17. The maximum absolute atomic E-state index is 12.5. The number of hydrogen-bond acceptors (Lipinski definition) is 5. The van der Waals surface area contributed by atoms with Crippen molar-refractivity contribution in [3.05, 3.63) is 17.7 Å². The van der Waals surface area contributed by atoms with E-state index in [0.29, 0.717) is 42.6 Å². The predicted molar refractivity (Wildman–Crippen MR) is 182 cm³/mol. The van der Waals surface area contributed by atoms with Crippen LogP contribution in [0.2, 0.25) is 0 Å². The van der Waals surface area contributed by atoms with Crippen LogP contribution in [0.3, 0.4) is 0 Å². The molecule has 1 rings (SSSR count). The van der Waals surface area contributed by atoms with E-state index in [1.807, 2.05) is 0 Å². The molecule has 1 aromatic carbocycles. The number of carbonyl (C=O) groups excluding carboxylic acids is 1. The molecule has 0 radical (unpaired) electrons. The number of nitrogens with two attached hydrogens (primary N) is 1. The van der Waals surface area contributed by atoms with Crippen LogP contribution in [0, 0.1) is 0 Å². The van der Waals surface area contributed by atoms with Crippen LogP contribution in [0.15, 0.2) is 12.1 Å². The van der Waals surface area contributed by atoms with E-state index in [1.54, 1.807) is 12.1 Å². The molecule has 1 amide bonds. The first-order chi connectivity index (χ1) is 21.2. The fourth-order valence-electron chi connectivity index (χ4n) is 5.39. The van der Waals surface area contributed by atoms with Crippen molar-refractivity contribution < 1.29 is 19.0 Å². The molecule has 0 heterocycles. The summed E-state index contributed by atoms with van der Waals surface area (Å²) in [6.45, 7) is 8.56. The van der Waals surface area contributed by atoms with E-state index in [-0.39, 0.29) is 5.91 Å². The average Bonchev–Trinajstić information content (AvgIpc) is 3.02. The lowest BCUT2D eigenvalue weighted by Crippen LogP contribution is -2.30. The highest BCUT2D eigenvalue weighted by atomic mass is 16.5. The van der Waals surface area contributed by atoms with Crippen molar-refractivity contribution in [3.63, 3.8) is 0 Å². The van der Waals surface area contributed by atoms with Gasteiger partial charge in [-0.15, -0.1) is 0 Å². The lowest BCUT2D eigenvalue weighted by Gasteiger charge is -2.19. The number of unbranched alkanes of at least 4 members (excludes halogenated alkanes) is 21. The number of nitrogen functional groups attached to an aromatic ring is 1. The summed E-state index contributed by atoms with van der Waals surface area (Å²) in [5.41, 5.74) is 2.69. The first-order valence-corrected chi connectivity index (χ1v) is 18.2. The highest BCUT2D eigenvalue weighted by Crippen LogP contribution is 2.39. The summed E-state index contributed by atoms with van der Waals surface area (Å²) in [7, 11) is 0. The van der Waals surface area contributed by atoms with E-state index in [1.165, 1.54) is 116 Å². The lowest BCUT2D eigenvalue weighted by atomic mass is 10.1. The van der Waals surface area contributed by atoms with Crippen molar-refractivity contribution in [3.8, 4) is 17.2 Å². The van der Waals surface area contributed by atoms with E-state index < -0.39 is 0 Å². The molecule has 0 bridgehead atoms. The first-order valence-electron chi connectivity index (χ1n) is 18.2. The van der Waals surface area contributed by atoms with Crippen LogP contribution >= 0.6 is 0 Å². The molecule has 3 N–H and O–H groups in total. The molecule has 0 spiro atoms. The summed E-state index contributed by atoms with van der Waals surface area (Å²) in [4.78, 5) is 12.5. The van der Waals surface area contributed by atoms with E-state index >= 15 is 0 Å². The quantitative estimate of drug-likeness (QED) is 0.0381. The van der Waals surface area contributed by atoms with Gasteiger partial charge in [0.25, 0.3) is 5.91 Å². The fraction of sp³-hybridized carbons (Fsp3) is 0.811. The Balaban J connectivity index is 2.75. The molecule has 0 unspecified atom stereocenters. The van der Waals surface area contributed by atoms with Gasteiger partial charge in [0, 0.05) is 5.56 Å². The lowest BCUT2D eigenvalue weighted by molar-refractivity contribution is 0.0952. The molecule has 0 saturated carbocycles. The minimum Gasteiger partial charge on any atom is -0.490 e. The van der Waals surface area contributed by atoms with Gasteiger partial charge in [0.15, 0.2) is 11.5 Å². The largest absolute Gasteiger partial charge is 0.490 e. The van der Waals surface area contributed by atoms with Crippen LogP contribution in [0.4, 0.5) is 0 Å². The second-order valence-electron chi connectivity index (χ2n) is 12.2. The van der Waals surface area contributed by atoms with Gasteiger partial charge in [0.05, 0.1) is 19.8 Å². The topological polar surface area (TPSA) is 82.8 Å². The number of hydrazine groups is 1. The zero-order valence-corrected chi connectivity index (χ0v) is 28.5. The molecule has 6 nitrogen and oxygen atoms in total. The van der Waals surface area contributed by atoms with Gasteiger partial charge in [-0.05, 0) is 31.4 Å². The normalized spacial score (nSPS) is 11.1. The maximum atomic E-state index is 12.5. The molecule has 1 aromatic rings. The molecule has 0 fully saturated rings. The molecule has 0 aliphatic carbocycles. The van der Waals surface area contributed by atoms with E-state index in [9.17, 15) is 4.79 Å². The van der Waals surface area contributed by atoms with Crippen LogP contribution < -0.4 is 25.5 Å². The molecular weight excluding hydrogens is 536 g/mol. The predicted octanol–water partition coefficient (Wildman–Crippen LogP) is 10.8. The summed E-state index contributed by atoms with van der Waals surface area (Å²) in [5.74, 6) is 6.91. The molecule has 0 aliphatic rings. The SMILES string of the molecule is CCCCCCCCCCOc1cc(C(=O)NN)cc(OCCCCCCCCCC)c1OCCCCCCCCCC. The van der Waals surface area contributed by atoms with Crippen LogP contribution in [0.1, 0.15) is 185 Å². The molecular formula is C37H68N2O4. The number of hydrogen-bond donors (Lipinski definition) is 2. The fourth-order valence-corrected chi connectivity index (χ4v) is 5.39. The monoisotopic (exact) mass is 605 g/mol. The Morgan fingerprint density at radius 2 is 0.814 bits per heavy atom. The highest BCUT2D eigenvalue weighted by molar-refractivity contribution is 5.95. The smallest absolute Gasteiger partial charge is 0.265 e. The Morgan fingerprint density at radius 1 is 0.512 bits per heavy atom. The van der Waals surface area contributed by atoms with Gasteiger partial charge in [-0.3, -0.25) is 10.2 Å². The standard InChI is InChI=1S/C37H68N2O4/c1-4-7-10-13-16-19-22-25-28-41-34-31-33(37(40)39-38)32-35(42-29-26-23-20-17-14-11-8-5-2)36(34)43-30-27-24-21-18-15-12-9-6-3/h31-32H,4-30,38H2,1-3H3,(H,39,40). The van der Waals surface area contributed by atoms with E-state index in [0.717, 1.165) is 38.5 Å². The number of nitrogens with one attached hydrogen (secondary N) is 1. The summed E-state index contributed by atoms with van der Waals surface area (Å²) in [5, 5.41) is 0. The average molecular weight is 605 g/mol. The van der Waals surface area contributed by atoms with Gasteiger partial charge >= 0.3 is 0 Å². The van der Waals surface area contributed by atoms with Crippen LogP contribution in [0.25, 0.3) is 0 Å². The van der Waals surface area contributed by atoms with Crippen molar-refractivity contribution in [1.82, 2.24) is 5.43 Å². The minimum absolute atomic E-state index is 0.358. The Morgan fingerprint density at radius 3 is 1.14 bits per heavy atom. The van der Waals surface area contributed by atoms with Crippen molar-refractivity contribution in [2.45, 2.75) is 175 Å². The Bertz CT molecular complexity index is 743. The van der Waals surface area contributed by atoms with Crippen LogP contribution in [-0.4, -0.2) is 25.7 Å². The van der Waals surface area contributed by atoms with Gasteiger partial charge in [0.2, 0.25) is 5.75 Å². The molecule has 0 atom stereocenters. The number of ether oxygens (including phenoxy) is 3. The Kier molecular flexibility index (Phi) is 26.2. The molecule has 0 saturated heterocycles. The van der Waals surface area contributed by atoms with E-state index in [4.69, 9.17) is 20.1 Å². The van der Waals surface area contributed by atoms with Crippen molar-refractivity contribution >= 4 is 5.91 Å². The number of rotatable bonds is 31.